The van der Waals surface area contributed by atoms with E-state index in [2.05, 4.69) is 79.7 Å². The van der Waals surface area contributed by atoms with Gasteiger partial charge < -0.3 is 4.57 Å². The Bertz CT molecular complexity index is 681. The number of unbranched alkanes of at least 4 members (excludes halogenated alkanes) is 1. The van der Waals surface area contributed by atoms with E-state index in [1.165, 1.54) is 41.6 Å². The van der Waals surface area contributed by atoms with Crippen LogP contribution in [0.1, 0.15) is 19.8 Å². The molecule has 3 rings (SSSR count). The van der Waals surface area contributed by atoms with Crippen LogP contribution in [0.4, 0.5) is 0 Å². The van der Waals surface area contributed by atoms with Crippen molar-refractivity contribution in [1.82, 2.24) is 4.57 Å². The first-order valence-electron chi connectivity index (χ1n) is 6.90. The number of nitrogens with zero attached hydrogens (tertiary/aromatic N) is 1. The van der Waals surface area contributed by atoms with E-state index in [0.717, 1.165) is 6.54 Å². The zero-order valence-corrected chi connectivity index (χ0v) is 16.4. The molecule has 0 atom stereocenters. The lowest BCUT2D eigenvalue weighted by molar-refractivity contribution is 0.645. The second-order valence-corrected chi connectivity index (χ2v) is 9.74. The van der Waals surface area contributed by atoms with Gasteiger partial charge in [-0.15, -0.1) is 22.7 Å². The van der Waals surface area contributed by atoms with Crippen LogP contribution in [0, 0.1) is 0 Å². The molecule has 0 amide bonds. The van der Waals surface area contributed by atoms with Gasteiger partial charge in [-0.2, -0.15) is 0 Å². The van der Waals surface area contributed by atoms with Crippen molar-refractivity contribution in [3.05, 3.63) is 44.0 Å². The molecule has 0 fully saturated rings. The van der Waals surface area contributed by atoms with E-state index >= 15 is 0 Å². The van der Waals surface area contributed by atoms with Gasteiger partial charge in [0.25, 0.3) is 0 Å². The standard InChI is InChI=1S/C16H15Br2NS2/c1-2-3-10-19-11(13-6-8-15(17)20-13)4-5-12(19)14-7-9-16(18)21-14/h4-9H,2-3,10H2,1H3. The van der Waals surface area contributed by atoms with Gasteiger partial charge in [0.1, 0.15) is 0 Å². The lowest BCUT2D eigenvalue weighted by atomic mass is 10.3. The Morgan fingerprint density at radius 2 is 1.38 bits per heavy atom. The Balaban J connectivity index is 2.06. The molecule has 1 nitrogen and oxygen atoms in total. The number of hydrogen-bond acceptors (Lipinski definition) is 2. The largest absolute Gasteiger partial charge is 0.339 e. The van der Waals surface area contributed by atoms with Gasteiger partial charge in [0.05, 0.1) is 28.7 Å². The SMILES string of the molecule is CCCCn1c(-c2ccc(Br)s2)ccc1-c1ccc(Br)s1. The number of halogens is 2. The Morgan fingerprint density at radius 1 is 0.857 bits per heavy atom. The van der Waals surface area contributed by atoms with E-state index in [0.29, 0.717) is 0 Å². The molecule has 0 saturated carbocycles. The van der Waals surface area contributed by atoms with Gasteiger partial charge in [-0.25, -0.2) is 0 Å². The van der Waals surface area contributed by atoms with Crippen LogP contribution < -0.4 is 0 Å². The second-order valence-electron chi connectivity index (χ2n) is 4.82. The maximum atomic E-state index is 3.57. The summed E-state index contributed by atoms with van der Waals surface area (Å²) in [5, 5.41) is 0. The molecule has 3 aromatic heterocycles. The maximum absolute atomic E-state index is 3.57. The molecule has 0 N–H and O–H groups in total. The van der Waals surface area contributed by atoms with E-state index < -0.39 is 0 Å². The van der Waals surface area contributed by atoms with Crippen molar-refractivity contribution in [3.63, 3.8) is 0 Å². The molecule has 0 aliphatic carbocycles. The second kappa shape index (κ2) is 6.82. The molecular weight excluding hydrogens is 430 g/mol. The Labute approximate surface area is 149 Å². The van der Waals surface area contributed by atoms with E-state index in [1.807, 2.05) is 0 Å². The predicted molar refractivity (Wildman–Crippen MR) is 101 cm³/mol. The Kier molecular flexibility index (Phi) is 5.04. The summed E-state index contributed by atoms with van der Waals surface area (Å²) >= 11 is 10.7. The van der Waals surface area contributed by atoms with Gasteiger partial charge in [0.2, 0.25) is 0 Å². The van der Waals surface area contributed by atoms with Gasteiger partial charge in [-0.05, 0) is 74.7 Å². The Morgan fingerprint density at radius 3 is 1.76 bits per heavy atom. The number of rotatable bonds is 5. The molecule has 3 aromatic rings. The first kappa shape index (κ1) is 15.5. The Hall–Kier alpha value is -0.360. The summed E-state index contributed by atoms with van der Waals surface area (Å²) in [6, 6.07) is 13.1. The van der Waals surface area contributed by atoms with Gasteiger partial charge in [-0.1, -0.05) is 13.3 Å². The minimum absolute atomic E-state index is 1.07. The average molecular weight is 445 g/mol. The summed E-state index contributed by atoms with van der Waals surface area (Å²) in [4.78, 5) is 2.64. The molecule has 0 saturated heterocycles. The van der Waals surface area contributed by atoms with Crippen molar-refractivity contribution in [2.75, 3.05) is 0 Å². The van der Waals surface area contributed by atoms with Gasteiger partial charge in [0, 0.05) is 6.54 Å². The van der Waals surface area contributed by atoms with Crippen LogP contribution in [0.5, 0.6) is 0 Å². The third kappa shape index (κ3) is 3.36. The molecular formula is C16H15Br2NS2. The molecule has 0 spiro atoms. The topological polar surface area (TPSA) is 4.93 Å². The van der Waals surface area contributed by atoms with Crippen LogP contribution in [0.2, 0.25) is 0 Å². The fraction of sp³-hybridized carbons (Fsp3) is 0.250. The van der Waals surface area contributed by atoms with Crippen LogP contribution in [-0.4, -0.2) is 4.57 Å². The lowest BCUT2D eigenvalue weighted by Gasteiger charge is -2.11. The van der Waals surface area contributed by atoms with E-state index in [9.17, 15) is 0 Å². The van der Waals surface area contributed by atoms with Crippen LogP contribution >= 0.6 is 54.5 Å². The van der Waals surface area contributed by atoms with Crippen LogP contribution in [-0.2, 0) is 6.54 Å². The smallest absolute Gasteiger partial charge is 0.0705 e. The van der Waals surface area contributed by atoms with Gasteiger partial charge in [0.15, 0.2) is 0 Å². The van der Waals surface area contributed by atoms with Gasteiger partial charge in [-0.3, -0.25) is 0 Å². The van der Waals surface area contributed by atoms with Crippen molar-refractivity contribution in [2.24, 2.45) is 0 Å². The molecule has 21 heavy (non-hydrogen) atoms. The quantitative estimate of drug-likeness (QED) is 0.389. The fourth-order valence-corrected chi connectivity index (χ4v) is 5.20. The minimum atomic E-state index is 1.07. The summed E-state index contributed by atoms with van der Waals surface area (Å²) in [6.45, 7) is 3.31. The average Bonchev–Trinajstić information content (AvgIpc) is 3.15. The van der Waals surface area contributed by atoms with E-state index in [-0.39, 0.29) is 0 Å². The molecule has 0 aliphatic heterocycles. The first-order chi connectivity index (χ1) is 10.2. The molecule has 0 bridgehead atoms. The van der Waals surface area contributed by atoms with Crippen LogP contribution in [0.3, 0.4) is 0 Å². The number of thiophene rings is 2. The van der Waals surface area contributed by atoms with Crippen molar-refractivity contribution in [1.29, 1.82) is 0 Å². The van der Waals surface area contributed by atoms with Gasteiger partial charge >= 0.3 is 0 Å². The zero-order valence-electron chi connectivity index (χ0n) is 11.6. The molecule has 0 aromatic carbocycles. The highest BCUT2D eigenvalue weighted by Gasteiger charge is 2.14. The van der Waals surface area contributed by atoms with E-state index in [1.54, 1.807) is 22.7 Å². The highest BCUT2D eigenvalue weighted by atomic mass is 79.9. The van der Waals surface area contributed by atoms with Crippen molar-refractivity contribution >= 4 is 54.5 Å². The normalized spacial score (nSPS) is 11.2. The first-order valence-corrected chi connectivity index (χ1v) is 10.1. The third-order valence-corrected chi connectivity index (χ3v) is 6.66. The van der Waals surface area contributed by atoms with Crippen LogP contribution in [0.25, 0.3) is 21.1 Å². The summed E-state index contributed by atoms with van der Waals surface area (Å²) in [5.41, 5.74) is 2.64. The van der Waals surface area contributed by atoms with Crippen LogP contribution in [0.15, 0.2) is 44.0 Å². The highest BCUT2D eigenvalue weighted by Crippen LogP contribution is 2.38. The third-order valence-electron chi connectivity index (χ3n) is 3.37. The summed E-state index contributed by atoms with van der Waals surface area (Å²) < 4.78 is 4.82. The zero-order chi connectivity index (χ0) is 14.8. The summed E-state index contributed by atoms with van der Waals surface area (Å²) in [5.74, 6) is 0. The highest BCUT2D eigenvalue weighted by molar-refractivity contribution is 9.11. The van der Waals surface area contributed by atoms with Crippen molar-refractivity contribution in [3.8, 4) is 21.1 Å². The number of hydrogen-bond donors (Lipinski definition) is 0. The van der Waals surface area contributed by atoms with Crippen molar-refractivity contribution in [2.45, 2.75) is 26.3 Å². The molecule has 0 aliphatic rings. The predicted octanol–water partition coefficient (Wildman–Crippen LogP) is 7.27. The molecule has 0 unspecified atom stereocenters. The summed E-state index contributed by atoms with van der Waals surface area (Å²) in [6.07, 6.45) is 2.41. The lowest BCUT2D eigenvalue weighted by Crippen LogP contribution is -2.00. The monoisotopic (exact) mass is 443 g/mol. The van der Waals surface area contributed by atoms with Crippen molar-refractivity contribution < 1.29 is 0 Å². The van der Waals surface area contributed by atoms with E-state index in [4.69, 9.17) is 0 Å². The molecule has 3 heterocycles. The number of aromatic nitrogens is 1. The maximum Gasteiger partial charge on any atom is 0.0705 e. The molecule has 5 heteroatoms. The summed E-state index contributed by atoms with van der Waals surface area (Å²) in [7, 11) is 0. The molecule has 0 radical (unpaired) electrons. The molecule has 110 valence electrons. The minimum Gasteiger partial charge on any atom is -0.339 e. The fourth-order valence-electron chi connectivity index (χ4n) is 2.36.